The van der Waals surface area contributed by atoms with Crippen LogP contribution in [0.25, 0.3) is 11.3 Å². The maximum Gasteiger partial charge on any atom is 0.290 e. The van der Waals surface area contributed by atoms with Crippen molar-refractivity contribution in [1.29, 1.82) is 0 Å². The number of aryl methyl sites for hydroxylation is 1. The van der Waals surface area contributed by atoms with Crippen LogP contribution in [0.15, 0.2) is 52.4 Å². The van der Waals surface area contributed by atoms with Crippen molar-refractivity contribution < 1.29 is 9.32 Å². The minimum absolute atomic E-state index is 0.0552. The van der Waals surface area contributed by atoms with Gasteiger partial charge in [0, 0.05) is 16.5 Å². The largest absolute Gasteiger partial charge is 0.350 e. The van der Waals surface area contributed by atoms with Crippen LogP contribution in [0.3, 0.4) is 0 Å². The summed E-state index contributed by atoms with van der Waals surface area (Å²) in [6.07, 6.45) is 0. The Labute approximate surface area is 132 Å². The average molecular weight is 312 g/mol. The molecule has 0 radical (unpaired) electrons. The third kappa shape index (κ3) is 3.09. The molecule has 3 aromatic rings. The molecular formula is C17H16N2O2S. The van der Waals surface area contributed by atoms with Gasteiger partial charge in [0.2, 0.25) is 5.76 Å². The van der Waals surface area contributed by atoms with Crippen molar-refractivity contribution in [1.82, 2.24) is 10.5 Å². The van der Waals surface area contributed by atoms with Crippen LogP contribution in [0.5, 0.6) is 0 Å². The Hall–Kier alpha value is -2.40. The molecule has 0 fully saturated rings. The maximum absolute atomic E-state index is 12.2. The van der Waals surface area contributed by atoms with E-state index in [1.807, 2.05) is 55.6 Å². The molecule has 0 aliphatic carbocycles. The molecule has 0 saturated carbocycles. The van der Waals surface area contributed by atoms with Crippen molar-refractivity contribution >= 4 is 17.2 Å². The van der Waals surface area contributed by atoms with E-state index in [1.54, 1.807) is 17.4 Å². The molecule has 1 atom stereocenters. The number of rotatable bonds is 4. The van der Waals surface area contributed by atoms with Gasteiger partial charge in [0.25, 0.3) is 5.91 Å². The van der Waals surface area contributed by atoms with Crippen LogP contribution in [0.2, 0.25) is 0 Å². The number of benzene rings is 1. The summed E-state index contributed by atoms with van der Waals surface area (Å²) in [4.78, 5) is 13.3. The Morgan fingerprint density at radius 1 is 1.27 bits per heavy atom. The van der Waals surface area contributed by atoms with Crippen molar-refractivity contribution in [3.8, 4) is 11.3 Å². The normalized spacial score (nSPS) is 12.1. The van der Waals surface area contributed by atoms with E-state index >= 15 is 0 Å². The first-order chi connectivity index (χ1) is 10.6. The van der Waals surface area contributed by atoms with Gasteiger partial charge in [-0.15, -0.1) is 11.3 Å². The molecule has 2 aromatic heterocycles. The van der Waals surface area contributed by atoms with E-state index < -0.39 is 0 Å². The van der Waals surface area contributed by atoms with Gasteiger partial charge in [0.1, 0.15) is 5.69 Å². The Morgan fingerprint density at radius 3 is 2.73 bits per heavy atom. The van der Waals surface area contributed by atoms with Gasteiger partial charge in [0.05, 0.1) is 6.04 Å². The van der Waals surface area contributed by atoms with Gasteiger partial charge in [-0.3, -0.25) is 4.79 Å². The molecule has 112 valence electrons. The maximum atomic E-state index is 12.2. The molecule has 0 unspecified atom stereocenters. The van der Waals surface area contributed by atoms with E-state index in [4.69, 9.17) is 4.52 Å². The second-order valence-corrected chi connectivity index (χ2v) is 6.13. The molecule has 0 aliphatic heterocycles. The van der Waals surface area contributed by atoms with Gasteiger partial charge < -0.3 is 9.84 Å². The molecular weight excluding hydrogens is 296 g/mol. The number of hydrogen-bond donors (Lipinski definition) is 1. The highest BCUT2D eigenvalue weighted by molar-refractivity contribution is 7.10. The van der Waals surface area contributed by atoms with Crippen LogP contribution in [0.4, 0.5) is 0 Å². The number of carbonyl (C=O) groups excluding carboxylic acids is 1. The monoisotopic (exact) mass is 312 g/mol. The van der Waals surface area contributed by atoms with E-state index in [-0.39, 0.29) is 17.7 Å². The molecule has 0 saturated heterocycles. The molecule has 4 nitrogen and oxygen atoms in total. The van der Waals surface area contributed by atoms with Crippen molar-refractivity contribution in [3.05, 3.63) is 64.0 Å². The van der Waals surface area contributed by atoms with Crippen LogP contribution in [-0.2, 0) is 0 Å². The fourth-order valence-corrected chi connectivity index (χ4v) is 2.85. The van der Waals surface area contributed by atoms with Crippen LogP contribution in [0, 0.1) is 6.92 Å². The third-order valence-corrected chi connectivity index (χ3v) is 4.45. The summed E-state index contributed by atoms with van der Waals surface area (Å²) in [5, 5.41) is 8.87. The number of nitrogens with zero attached hydrogens (tertiary/aromatic N) is 1. The quantitative estimate of drug-likeness (QED) is 0.785. The second kappa shape index (κ2) is 6.15. The van der Waals surface area contributed by atoms with E-state index in [9.17, 15) is 4.79 Å². The number of amides is 1. The highest BCUT2D eigenvalue weighted by Crippen LogP contribution is 2.21. The summed E-state index contributed by atoms with van der Waals surface area (Å²) < 4.78 is 5.17. The fourth-order valence-electron chi connectivity index (χ4n) is 2.12. The Balaban J connectivity index is 1.73. The minimum Gasteiger partial charge on any atom is -0.350 e. The first-order valence-corrected chi connectivity index (χ1v) is 7.89. The molecule has 0 bridgehead atoms. The van der Waals surface area contributed by atoms with Crippen LogP contribution >= 0.6 is 11.3 Å². The SMILES string of the molecule is Cc1ccc(-c2cc(C(=O)N[C@H](C)c3cccs3)on2)cc1. The van der Waals surface area contributed by atoms with Crippen molar-refractivity contribution in [3.63, 3.8) is 0 Å². The number of nitrogens with one attached hydrogen (secondary N) is 1. The molecule has 0 aliphatic rings. The van der Waals surface area contributed by atoms with E-state index in [0.29, 0.717) is 5.69 Å². The minimum atomic E-state index is -0.258. The smallest absolute Gasteiger partial charge is 0.290 e. The number of carbonyl (C=O) groups is 1. The number of thiophene rings is 1. The fraction of sp³-hybridized carbons (Fsp3) is 0.176. The topological polar surface area (TPSA) is 55.1 Å². The van der Waals surface area contributed by atoms with E-state index in [0.717, 1.165) is 10.4 Å². The van der Waals surface area contributed by atoms with Gasteiger partial charge in [-0.25, -0.2) is 0 Å². The zero-order valence-electron chi connectivity index (χ0n) is 12.4. The highest BCUT2D eigenvalue weighted by atomic mass is 32.1. The predicted octanol–water partition coefficient (Wildman–Crippen LogP) is 4.20. The lowest BCUT2D eigenvalue weighted by Gasteiger charge is -2.09. The van der Waals surface area contributed by atoms with E-state index in [1.165, 1.54) is 5.56 Å². The highest BCUT2D eigenvalue weighted by Gasteiger charge is 2.17. The number of aromatic nitrogens is 1. The van der Waals surface area contributed by atoms with Gasteiger partial charge in [-0.05, 0) is 25.3 Å². The Bertz CT molecular complexity index is 760. The Morgan fingerprint density at radius 2 is 2.05 bits per heavy atom. The molecule has 3 rings (SSSR count). The molecule has 1 aromatic carbocycles. The standard InChI is InChI=1S/C17H16N2O2S/c1-11-5-7-13(8-6-11)14-10-15(21-19-14)17(20)18-12(2)16-4-3-9-22-16/h3-10,12H,1-2H3,(H,18,20)/t12-/m1/s1. The van der Waals surface area contributed by atoms with Gasteiger partial charge in [-0.1, -0.05) is 41.1 Å². The molecule has 22 heavy (non-hydrogen) atoms. The summed E-state index contributed by atoms with van der Waals surface area (Å²) in [5.74, 6) is -0.0363. The van der Waals surface area contributed by atoms with Crippen LogP contribution in [0.1, 0.15) is 34.0 Å². The lowest BCUT2D eigenvalue weighted by molar-refractivity contribution is 0.0903. The lowest BCUT2D eigenvalue weighted by Crippen LogP contribution is -2.25. The first kappa shape index (κ1) is 14.5. The average Bonchev–Trinajstić information content (AvgIpc) is 3.20. The van der Waals surface area contributed by atoms with Gasteiger partial charge >= 0.3 is 0 Å². The summed E-state index contributed by atoms with van der Waals surface area (Å²) in [6, 6.07) is 13.5. The molecule has 1 amide bonds. The molecule has 0 spiro atoms. The predicted molar refractivity (Wildman–Crippen MR) is 86.9 cm³/mol. The van der Waals surface area contributed by atoms with Crippen molar-refractivity contribution in [2.45, 2.75) is 19.9 Å². The van der Waals surface area contributed by atoms with Gasteiger partial charge in [-0.2, -0.15) is 0 Å². The van der Waals surface area contributed by atoms with Crippen LogP contribution < -0.4 is 5.32 Å². The number of hydrogen-bond acceptors (Lipinski definition) is 4. The second-order valence-electron chi connectivity index (χ2n) is 5.15. The summed E-state index contributed by atoms with van der Waals surface area (Å²) in [5.41, 5.74) is 2.77. The lowest BCUT2D eigenvalue weighted by atomic mass is 10.1. The van der Waals surface area contributed by atoms with E-state index in [2.05, 4.69) is 10.5 Å². The molecule has 1 N–H and O–H groups in total. The summed E-state index contributed by atoms with van der Waals surface area (Å²) in [6.45, 7) is 3.97. The Kier molecular flexibility index (Phi) is 4.06. The first-order valence-electron chi connectivity index (χ1n) is 7.01. The summed E-state index contributed by atoms with van der Waals surface area (Å²) >= 11 is 1.61. The van der Waals surface area contributed by atoms with Gasteiger partial charge in [0.15, 0.2) is 0 Å². The van der Waals surface area contributed by atoms with Crippen molar-refractivity contribution in [2.75, 3.05) is 0 Å². The third-order valence-electron chi connectivity index (χ3n) is 3.40. The summed E-state index contributed by atoms with van der Waals surface area (Å²) in [7, 11) is 0. The zero-order chi connectivity index (χ0) is 15.5. The molecule has 2 heterocycles. The van der Waals surface area contributed by atoms with Crippen molar-refractivity contribution in [2.24, 2.45) is 0 Å². The van der Waals surface area contributed by atoms with Crippen LogP contribution in [-0.4, -0.2) is 11.1 Å². The zero-order valence-corrected chi connectivity index (χ0v) is 13.2. The molecule has 5 heteroatoms.